The zero-order valence-electron chi connectivity index (χ0n) is 19.1. The smallest absolute Gasteiger partial charge is 0.358 e. The average molecular weight is 453 g/mol. The molecular formula is C23H34ClFN4O2. The van der Waals surface area contributed by atoms with Crippen molar-refractivity contribution in [1.29, 1.82) is 0 Å². The zero-order chi connectivity index (χ0) is 23.2. The van der Waals surface area contributed by atoms with Crippen molar-refractivity contribution in [2.75, 3.05) is 32.1 Å². The number of benzene rings is 1. The van der Waals surface area contributed by atoms with E-state index in [4.69, 9.17) is 11.6 Å². The number of aromatic nitrogens is 2. The van der Waals surface area contributed by atoms with Crippen LogP contribution < -0.4 is 10.2 Å². The highest BCUT2D eigenvalue weighted by Gasteiger charge is 2.20. The van der Waals surface area contributed by atoms with Crippen molar-refractivity contribution < 1.29 is 13.9 Å². The maximum atomic E-state index is 12.2. The first kappa shape index (κ1) is 26.8. The third-order valence-electron chi connectivity index (χ3n) is 4.59. The summed E-state index contributed by atoms with van der Waals surface area (Å²) in [6.07, 6.45) is 7.07. The second kappa shape index (κ2) is 14.7. The Bertz CT molecular complexity index is 751. The molecule has 8 heteroatoms. The number of nitrogens with zero attached hydrogens (tertiary/aromatic N) is 3. The van der Waals surface area contributed by atoms with Gasteiger partial charge in [-0.1, -0.05) is 44.5 Å². The highest BCUT2D eigenvalue weighted by molar-refractivity contribution is 6.30. The van der Waals surface area contributed by atoms with E-state index in [1.54, 1.807) is 18.3 Å². The molecule has 2 fully saturated rings. The lowest BCUT2D eigenvalue weighted by molar-refractivity contribution is 0.0593. The van der Waals surface area contributed by atoms with Crippen molar-refractivity contribution >= 4 is 23.4 Å². The normalized spacial score (nSPS) is 16.6. The molecule has 1 aliphatic heterocycles. The second-order valence-corrected chi connectivity index (χ2v) is 7.48. The van der Waals surface area contributed by atoms with E-state index in [9.17, 15) is 9.18 Å². The van der Waals surface area contributed by atoms with E-state index in [2.05, 4.69) is 31.8 Å². The van der Waals surface area contributed by atoms with Crippen molar-refractivity contribution in [2.24, 2.45) is 5.92 Å². The molecule has 1 N–H and O–H groups in total. The van der Waals surface area contributed by atoms with E-state index >= 15 is 0 Å². The van der Waals surface area contributed by atoms with Gasteiger partial charge in [0.1, 0.15) is 11.6 Å². The van der Waals surface area contributed by atoms with Crippen LogP contribution in [-0.2, 0) is 4.74 Å². The van der Waals surface area contributed by atoms with Crippen molar-refractivity contribution in [1.82, 2.24) is 15.3 Å². The lowest BCUT2D eigenvalue weighted by Crippen LogP contribution is -2.21. The van der Waals surface area contributed by atoms with Crippen LogP contribution in [0.3, 0.4) is 0 Å². The number of carbonyl (C=O) groups is 1. The Morgan fingerprint density at radius 1 is 1.19 bits per heavy atom. The van der Waals surface area contributed by atoms with Gasteiger partial charge in [-0.05, 0) is 44.4 Å². The number of methoxy groups -OCH3 is 1. The lowest BCUT2D eigenvalue weighted by Gasteiger charge is -2.16. The molecule has 0 amide bonds. The number of hydrogen-bond acceptors (Lipinski definition) is 6. The van der Waals surface area contributed by atoms with Crippen molar-refractivity contribution in [2.45, 2.75) is 46.1 Å². The summed E-state index contributed by atoms with van der Waals surface area (Å²) in [6, 6.07) is 7.00. The molecule has 31 heavy (non-hydrogen) atoms. The topological polar surface area (TPSA) is 67.3 Å². The molecule has 0 radical (unpaired) electrons. The van der Waals surface area contributed by atoms with E-state index in [0.717, 1.165) is 24.9 Å². The SMILES string of the molecule is CC.CNC1CC1.COC(=O)c1cnc(N2CCC(C)C2)cn1.Fc1ccccc1Cl. The molecule has 2 aromatic rings. The summed E-state index contributed by atoms with van der Waals surface area (Å²) in [5, 5.41) is 3.31. The number of ether oxygens (including phenoxy) is 1. The minimum atomic E-state index is -0.450. The van der Waals surface area contributed by atoms with Crippen LogP contribution in [0.25, 0.3) is 0 Å². The number of nitrogens with one attached hydrogen (secondary N) is 1. The Kier molecular flexibility index (Phi) is 12.7. The third-order valence-corrected chi connectivity index (χ3v) is 4.90. The maximum Gasteiger partial charge on any atom is 0.358 e. The highest BCUT2D eigenvalue weighted by Crippen LogP contribution is 2.20. The van der Waals surface area contributed by atoms with Crippen LogP contribution >= 0.6 is 11.6 Å². The van der Waals surface area contributed by atoms with Gasteiger partial charge >= 0.3 is 5.97 Å². The molecule has 1 aromatic heterocycles. The molecule has 0 bridgehead atoms. The first-order valence-corrected chi connectivity index (χ1v) is 11.0. The average Bonchev–Trinajstić information content (AvgIpc) is 3.56. The quantitative estimate of drug-likeness (QED) is 0.662. The summed E-state index contributed by atoms with van der Waals surface area (Å²) in [5.41, 5.74) is 0.249. The standard InChI is InChI=1S/C11H15N3O2.C6H4ClF.C4H9N.C2H6/c1-8-3-4-14(7-8)10-6-12-9(5-13-10)11(15)16-2;7-5-3-1-2-4-6(5)8;1-5-4-2-3-4;1-2/h5-6,8H,3-4,7H2,1-2H3;1-4H;4-5H,2-3H2,1H3;1-2H3. The monoisotopic (exact) mass is 452 g/mol. The van der Waals surface area contributed by atoms with Crippen LogP contribution in [0.1, 0.15) is 50.5 Å². The Morgan fingerprint density at radius 2 is 1.87 bits per heavy atom. The Balaban J connectivity index is 0.000000265. The number of hydrogen-bond donors (Lipinski definition) is 1. The van der Waals surface area contributed by atoms with Gasteiger partial charge in [0.05, 0.1) is 24.5 Å². The number of carbonyl (C=O) groups excluding carboxylic acids is 1. The first-order chi connectivity index (χ1) is 14.9. The fourth-order valence-corrected chi connectivity index (χ4v) is 2.78. The molecule has 1 aliphatic carbocycles. The molecule has 2 aliphatic rings. The predicted octanol–water partition coefficient (Wildman–Crippen LogP) is 4.98. The number of anilines is 1. The predicted molar refractivity (Wildman–Crippen MR) is 124 cm³/mol. The molecule has 172 valence electrons. The molecule has 1 aromatic carbocycles. The van der Waals surface area contributed by atoms with E-state index in [0.29, 0.717) is 5.92 Å². The van der Waals surface area contributed by atoms with Crippen molar-refractivity contribution in [3.05, 3.63) is 53.2 Å². The van der Waals surface area contributed by atoms with Gasteiger partial charge in [-0.25, -0.2) is 19.2 Å². The van der Waals surface area contributed by atoms with E-state index in [-0.39, 0.29) is 16.5 Å². The van der Waals surface area contributed by atoms with Gasteiger partial charge in [0.15, 0.2) is 5.69 Å². The van der Waals surface area contributed by atoms with Gasteiger partial charge in [0.25, 0.3) is 0 Å². The van der Waals surface area contributed by atoms with Gasteiger partial charge in [0, 0.05) is 19.1 Å². The van der Waals surface area contributed by atoms with Crippen LogP contribution in [0.4, 0.5) is 10.2 Å². The Hall–Kier alpha value is -2.25. The highest BCUT2D eigenvalue weighted by atomic mass is 35.5. The summed E-state index contributed by atoms with van der Waals surface area (Å²) in [6.45, 7) is 8.23. The summed E-state index contributed by atoms with van der Waals surface area (Å²) >= 11 is 5.33. The minimum Gasteiger partial charge on any atom is -0.464 e. The summed E-state index contributed by atoms with van der Waals surface area (Å²) in [4.78, 5) is 21.6. The first-order valence-electron chi connectivity index (χ1n) is 10.7. The Morgan fingerprint density at radius 3 is 2.23 bits per heavy atom. The van der Waals surface area contributed by atoms with Gasteiger partial charge in [-0.2, -0.15) is 0 Å². The van der Waals surface area contributed by atoms with Crippen LogP contribution in [0.2, 0.25) is 5.02 Å². The molecule has 0 spiro atoms. The third kappa shape index (κ3) is 10.1. The van der Waals surface area contributed by atoms with E-state index in [1.165, 1.54) is 44.7 Å². The molecule has 6 nitrogen and oxygen atoms in total. The molecule has 1 saturated heterocycles. The second-order valence-electron chi connectivity index (χ2n) is 7.07. The molecule has 1 unspecified atom stereocenters. The Labute approximate surface area is 190 Å². The fourth-order valence-electron chi connectivity index (χ4n) is 2.65. The lowest BCUT2D eigenvalue weighted by atomic mass is 10.2. The molecular weight excluding hydrogens is 419 g/mol. The van der Waals surface area contributed by atoms with Gasteiger partial charge in [0.2, 0.25) is 0 Å². The van der Waals surface area contributed by atoms with Crippen LogP contribution in [-0.4, -0.2) is 49.2 Å². The summed E-state index contributed by atoms with van der Waals surface area (Å²) in [7, 11) is 3.34. The largest absolute Gasteiger partial charge is 0.464 e. The summed E-state index contributed by atoms with van der Waals surface area (Å²) in [5.74, 6) is 0.710. The van der Waals surface area contributed by atoms with E-state index < -0.39 is 5.97 Å². The number of halogens is 2. The van der Waals surface area contributed by atoms with Crippen molar-refractivity contribution in [3.8, 4) is 0 Å². The minimum absolute atomic E-state index is 0.174. The molecule has 1 atom stereocenters. The number of esters is 1. The molecule has 2 heterocycles. The van der Waals surface area contributed by atoms with Gasteiger partial charge in [-0.15, -0.1) is 0 Å². The number of rotatable bonds is 3. The maximum absolute atomic E-state index is 12.2. The van der Waals surface area contributed by atoms with Crippen molar-refractivity contribution in [3.63, 3.8) is 0 Å². The van der Waals surface area contributed by atoms with Crippen LogP contribution in [0.5, 0.6) is 0 Å². The summed E-state index contributed by atoms with van der Waals surface area (Å²) < 4.78 is 16.8. The fraction of sp³-hybridized carbons (Fsp3) is 0.522. The molecule has 4 rings (SSSR count). The molecule has 1 saturated carbocycles. The van der Waals surface area contributed by atoms with Gasteiger partial charge in [-0.3, -0.25) is 0 Å². The van der Waals surface area contributed by atoms with Crippen LogP contribution in [0, 0.1) is 11.7 Å². The van der Waals surface area contributed by atoms with E-state index in [1.807, 2.05) is 20.9 Å². The van der Waals surface area contributed by atoms with Gasteiger partial charge < -0.3 is 15.0 Å². The van der Waals surface area contributed by atoms with Crippen LogP contribution in [0.15, 0.2) is 36.7 Å². The zero-order valence-corrected chi connectivity index (χ0v) is 19.8.